The molecule has 114 valence electrons. The molecule has 8 heteroatoms. The van der Waals surface area contributed by atoms with Gasteiger partial charge in [-0.05, 0) is 29.3 Å². The lowest BCUT2D eigenvalue weighted by molar-refractivity contribution is -0.124. The average molecular weight is 375 g/mol. The second-order valence-corrected chi connectivity index (χ2v) is 5.88. The van der Waals surface area contributed by atoms with Crippen molar-refractivity contribution in [1.29, 1.82) is 0 Å². The van der Waals surface area contributed by atoms with E-state index in [1.807, 2.05) is 13.8 Å². The number of amides is 1. The number of hydrogen-bond acceptors (Lipinski definition) is 3. The topological polar surface area (TPSA) is 64.7 Å². The van der Waals surface area contributed by atoms with Gasteiger partial charge in [-0.25, -0.2) is 0 Å². The quantitative estimate of drug-likeness (QED) is 0.845. The number of nitrogens with zero attached hydrogens (tertiary/aromatic N) is 4. The Labute approximate surface area is 136 Å². The van der Waals surface area contributed by atoms with E-state index in [0.717, 1.165) is 11.0 Å². The number of aryl methyl sites for hydroxylation is 1. The van der Waals surface area contributed by atoms with Crippen molar-refractivity contribution in [2.24, 2.45) is 0 Å². The van der Waals surface area contributed by atoms with Crippen LogP contribution in [0.25, 0.3) is 0 Å². The molecule has 6 nitrogen and oxygen atoms in total. The number of hydrogen-bond donors (Lipinski definition) is 1. The summed E-state index contributed by atoms with van der Waals surface area (Å²) < 4.78 is 4.23. The number of aromatic nitrogens is 4. The molecular formula is C13H17BrClN5O. The van der Waals surface area contributed by atoms with Crippen LogP contribution in [0.4, 0.5) is 0 Å². The molecule has 0 fully saturated rings. The van der Waals surface area contributed by atoms with Gasteiger partial charge in [0.1, 0.15) is 11.7 Å². The van der Waals surface area contributed by atoms with Crippen molar-refractivity contribution >= 4 is 33.4 Å². The Kier molecular flexibility index (Phi) is 5.41. The van der Waals surface area contributed by atoms with E-state index in [-0.39, 0.29) is 11.9 Å². The predicted octanol–water partition coefficient (Wildman–Crippen LogP) is 2.78. The van der Waals surface area contributed by atoms with Gasteiger partial charge >= 0.3 is 0 Å². The zero-order valence-corrected chi connectivity index (χ0v) is 14.2. The highest BCUT2D eigenvalue weighted by molar-refractivity contribution is 9.10. The fourth-order valence-corrected chi connectivity index (χ4v) is 2.50. The molecule has 0 bridgehead atoms. The monoisotopic (exact) mass is 373 g/mol. The van der Waals surface area contributed by atoms with Gasteiger partial charge in [0.2, 0.25) is 5.91 Å². The van der Waals surface area contributed by atoms with Gasteiger partial charge in [0, 0.05) is 18.9 Å². The molecule has 0 aliphatic heterocycles. The first kappa shape index (κ1) is 16.0. The molecule has 2 aromatic rings. The smallest absolute Gasteiger partial charge is 0.245 e. The van der Waals surface area contributed by atoms with Crippen molar-refractivity contribution < 1.29 is 4.79 Å². The van der Waals surface area contributed by atoms with Crippen molar-refractivity contribution in [3.63, 3.8) is 0 Å². The Morgan fingerprint density at radius 3 is 2.76 bits per heavy atom. The molecule has 1 atom stereocenters. The predicted molar refractivity (Wildman–Crippen MR) is 84.0 cm³/mol. The van der Waals surface area contributed by atoms with Gasteiger partial charge in [-0.2, -0.15) is 10.2 Å². The minimum absolute atomic E-state index is 0.102. The molecule has 1 amide bonds. The van der Waals surface area contributed by atoms with Crippen LogP contribution in [0.5, 0.6) is 0 Å². The number of halogens is 2. The standard InChI is InChI=1S/C13H17BrClN5O/c1-3-12(20-7-9(14)5-17-20)13(21)16-6-11-10(15)8-19(4-2)18-11/h5,7-8,12H,3-4,6H2,1-2H3,(H,16,21). The molecule has 0 aliphatic rings. The Balaban J connectivity index is 2.01. The molecule has 0 spiro atoms. The SMILES string of the molecule is CCC(C(=O)NCc1nn(CC)cc1Cl)n1cc(Br)cn1. The minimum Gasteiger partial charge on any atom is -0.348 e. The molecule has 0 aliphatic carbocycles. The van der Waals surface area contributed by atoms with E-state index >= 15 is 0 Å². The van der Waals surface area contributed by atoms with Crippen molar-refractivity contribution in [2.45, 2.75) is 39.4 Å². The summed E-state index contributed by atoms with van der Waals surface area (Å²) in [6.07, 6.45) is 5.85. The number of carbonyl (C=O) groups excluding carboxylic acids is 1. The second-order valence-electron chi connectivity index (χ2n) is 4.56. The van der Waals surface area contributed by atoms with Crippen molar-refractivity contribution in [2.75, 3.05) is 0 Å². The van der Waals surface area contributed by atoms with Crippen molar-refractivity contribution in [3.8, 4) is 0 Å². The maximum absolute atomic E-state index is 12.3. The summed E-state index contributed by atoms with van der Waals surface area (Å²) in [5, 5.41) is 11.9. The third-order valence-electron chi connectivity index (χ3n) is 3.12. The van der Waals surface area contributed by atoms with Gasteiger partial charge in [-0.1, -0.05) is 18.5 Å². The lowest BCUT2D eigenvalue weighted by Crippen LogP contribution is -2.32. The first-order chi connectivity index (χ1) is 10.0. The maximum atomic E-state index is 12.3. The largest absolute Gasteiger partial charge is 0.348 e. The molecule has 1 N–H and O–H groups in total. The van der Waals surface area contributed by atoms with Crippen LogP contribution in [0.2, 0.25) is 5.02 Å². The van der Waals surface area contributed by atoms with Gasteiger partial charge in [-0.15, -0.1) is 0 Å². The second kappa shape index (κ2) is 7.09. The van der Waals surface area contributed by atoms with Crippen LogP contribution in [-0.2, 0) is 17.9 Å². The zero-order chi connectivity index (χ0) is 15.4. The molecule has 0 radical (unpaired) electrons. The van der Waals surface area contributed by atoms with Crippen molar-refractivity contribution in [3.05, 3.63) is 33.8 Å². The van der Waals surface area contributed by atoms with Crippen molar-refractivity contribution in [1.82, 2.24) is 24.9 Å². The van der Waals surface area contributed by atoms with E-state index in [1.54, 1.807) is 28.0 Å². The molecule has 0 saturated heterocycles. The highest BCUT2D eigenvalue weighted by Gasteiger charge is 2.19. The maximum Gasteiger partial charge on any atom is 0.245 e. The van der Waals surface area contributed by atoms with Gasteiger partial charge < -0.3 is 5.32 Å². The van der Waals surface area contributed by atoms with Crippen LogP contribution < -0.4 is 5.32 Å². The van der Waals surface area contributed by atoms with Crippen LogP contribution in [0.1, 0.15) is 32.0 Å². The highest BCUT2D eigenvalue weighted by Crippen LogP contribution is 2.16. The molecule has 0 saturated carbocycles. The van der Waals surface area contributed by atoms with E-state index < -0.39 is 0 Å². The van der Waals surface area contributed by atoms with Gasteiger partial charge in [0.25, 0.3) is 0 Å². The summed E-state index contributed by atoms with van der Waals surface area (Å²) in [6.45, 7) is 4.98. The lowest BCUT2D eigenvalue weighted by Gasteiger charge is -2.15. The molecule has 2 heterocycles. The third-order valence-corrected chi connectivity index (χ3v) is 3.85. The first-order valence-corrected chi connectivity index (χ1v) is 7.91. The summed E-state index contributed by atoms with van der Waals surface area (Å²) in [7, 11) is 0. The molecule has 1 unspecified atom stereocenters. The van der Waals surface area contributed by atoms with E-state index in [4.69, 9.17) is 11.6 Å². The van der Waals surface area contributed by atoms with Crippen LogP contribution in [-0.4, -0.2) is 25.5 Å². The Bertz CT molecular complexity index is 624. The Morgan fingerprint density at radius 1 is 1.48 bits per heavy atom. The fraction of sp³-hybridized carbons (Fsp3) is 0.462. The van der Waals surface area contributed by atoms with Gasteiger partial charge in [-0.3, -0.25) is 14.2 Å². The fourth-order valence-electron chi connectivity index (χ4n) is 1.99. The molecule has 2 rings (SSSR count). The minimum atomic E-state index is -0.344. The van der Waals surface area contributed by atoms with Crippen LogP contribution in [0.15, 0.2) is 23.1 Å². The van der Waals surface area contributed by atoms with Gasteiger partial charge in [0.15, 0.2) is 0 Å². The summed E-state index contributed by atoms with van der Waals surface area (Å²) in [5.74, 6) is -0.102. The summed E-state index contributed by atoms with van der Waals surface area (Å²) in [5.41, 5.74) is 0.670. The lowest BCUT2D eigenvalue weighted by atomic mass is 10.2. The first-order valence-electron chi connectivity index (χ1n) is 6.74. The number of rotatable bonds is 6. The van der Waals surface area contributed by atoms with E-state index in [0.29, 0.717) is 23.7 Å². The zero-order valence-electron chi connectivity index (χ0n) is 11.9. The molecular weight excluding hydrogens is 358 g/mol. The van der Waals surface area contributed by atoms with Crippen LogP contribution in [0.3, 0.4) is 0 Å². The number of nitrogens with one attached hydrogen (secondary N) is 1. The third kappa shape index (κ3) is 3.85. The Hall–Kier alpha value is -1.34. The molecule has 21 heavy (non-hydrogen) atoms. The normalized spacial score (nSPS) is 12.4. The average Bonchev–Trinajstić information content (AvgIpc) is 3.04. The van der Waals surface area contributed by atoms with E-state index in [9.17, 15) is 4.79 Å². The van der Waals surface area contributed by atoms with E-state index in [1.165, 1.54) is 0 Å². The van der Waals surface area contributed by atoms with Gasteiger partial charge in [0.05, 0.1) is 22.2 Å². The number of carbonyl (C=O) groups is 1. The van der Waals surface area contributed by atoms with Crippen LogP contribution in [0, 0.1) is 0 Å². The summed E-state index contributed by atoms with van der Waals surface area (Å²) in [6, 6.07) is -0.344. The van der Waals surface area contributed by atoms with Crippen LogP contribution >= 0.6 is 27.5 Å². The Morgan fingerprint density at radius 2 is 2.24 bits per heavy atom. The molecule has 2 aromatic heterocycles. The van der Waals surface area contributed by atoms with E-state index in [2.05, 4.69) is 31.4 Å². The highest BCUT2D eigenvalue weighted by atomic mass is 79.9. The molecule has 0 aromatic carbocycles. The summed E-state index contributed by atoms with van der Waals surface area (Å²) >= 11 is 9.41. The summed E-state index contributed by atoms with van der Waals surface area (Å²) in [4.78, 5) is 12.3.